The third-order valence-corrected chi connectivity index (χ3v) is 3.13. The first kappa shape index (κ1) is 14.9. The SMILES string of the molecule is CCC(C)C(NC(=O)c1cccn(C)c1=O)C(=O)O. The Morgan fingerprint density at radius 1 is 1.47 bits per heavy atom. The van der Waals surface area contributed by atoms with Crippen LogP contribution in [0.1, 0.15) is 30.6 Å². The molecule has 0 saturated heterocycles. The van der Waals surface area contributed by atoms with Crippen molar-refractivity contribution in [3.63, 3.8) is 0 Å². The molecule has 1 heterocycles. The minimum absolute atomic E-state index is 0.0560. The topological polar surface area (TPSA) is 88.4 Å². The summed E-state index contributed by atoms with van der Waals surface area (Å²) >= 11 is 0. The number of aryl methyl sites for hydroxylation is 1. The Hall–Kier alpha value is -2.11. The van der Waals surface area contributed by atoms with E-state index in [0.717, 1.165) is 0 Å². The lowest BCUT2D eigenvalue weighted by atomic mass is 9.99. The zero-order valence-electron chi connectivity index (χ0n) is 11.2. The van der Waals surface area contributed by atoms with Crippen LogP contribution in [0.3, 0.4) is 0 Å². The van der Waals surface area contributed by atoms with Crippen LogP contribution in [0.2, 0.25) is 0 Å². The first-order chi connectivity index (χ1) is 8.88. The third-order valence-electron chi connectivity index (χ3n) is 3.13. The average molecular weight is 266 g/mol. The Bertz CT molecular complexity index is 536. The van der Waals surface area contributed by atoms with Crippen LogP contribution in [0.25, 0.3) is 0 Å². The number of rotatable bonds is 5. The molecule has 2 N–H and O–H groups in total. The fourth-order valence-electron chi connectivity index (χ4n) is 1.67. The fourth-order valence-corrected chi connectivity index (χ4v) is 1.67. The summed E-state index contributed by atoms with van der Waals surface area (Å²) in [5, 5.41) is 11.5. The van der Waals surface area contributed by atoms with Crippen LogP contribution in [0.4, 0.5) is 0 Å². The molecule has 0 aliphatic carbocycles. The molecule has 0 aliphatic heterocycles. The summed E-state index contributed by atoms with van der Waals surface area (Å²) in [7, 11) is 1.53. The number of aromatic nitrogens is 1. The number of nitrogens with zero attached hydrogens (tertiary/aromatic N) is 1. The van der Waals surface area contributed by atoms with Gasteiger partial charge in [-0.1, -0.05) is 20.3 Å². The molecule has 104 valence electrons. The van der Waals surface area contributed by atoms with Gasteiger partial charge in [0.1, 0.15) is 11.6 Å². The van der Waals surface area contributed by atoms with Crippen LogP contribution in [-0.4, -0.2) is 27.6 Å². The number of carboxylic acids is 1. The van der Waals surface area contributed by atoms with E-state index in [2.05, 4.69) is 5.32 Å². The van der Waals surface area contributed by atoms with Gasteiger partial charge in [-0.25, -0.2) is 4.79 Å². The second-order valence-corrected chi connectivity index (χ2v) is 4.51. The molecule has 1 aromatic heterocycles. The van der Waals surface area contributed by atoms with E-state index in [4.69, 9.17) is 5.11 Å². The van der Waals surface area contributed by atoms with Crippen molar-refractivity contribution >= 4 is 11.9 Å². The molecule has 0 fully saturated rings. The van der Waals surface area contributed by atoms with Crippen molar-refractivity contribution in [3.8, 4) is 0 Å². The molecule has 2 atom stereocenters. The lowest BCUT2D eigenvalue weighted by molar-refractivity contribution is -0.140. The highest BCUT2D eigenvalue weighted by atomic mass is 16.4. The second kappa shape index (κ2) is 6.17. The van der Waals surface area contributed by atoms with E-state index in [0.29, 0.717) is 6.42 Å². The van der Waals surface area contributed by atoms with Gasteiger partial charge in [0.15, 0.2) is 0 Å². The number of amides is 1. The fraction of sp³-hybridized carbons (Fsp3) is 0.462. The van der Waals surface area contributed by atoms with Crippen LogP contribution >= 0.6 is 0 Å². The molecule has 1 amide bonds. The van der Waals surface area contributed by atoms with Gasteiger partial charge >= 0.3 is 5.97 Å². The minimum Gasteiger partial charge on any atom is -0.480 e. The molecular formula is C13H18N2O4. The number of carboxylic acid groups (broad SMARTS) is 1. The van der Waals surface area contributed by atoms with Crippen LogP contribution < -0.4 is 10.9 Å². The summed E-state index contributed by atoms with van der Waals surface area (Å²) < 4.78 is 1.27. The molecule has 6 nitrogen and oxygen atoms in total. The van der Waals surface area contributed by atoms with Crippen LogP contribution in [0.15, 0.2) is 23.1 Å². The molecule has 2 unspecified atom stereocenters. The van der Waals surface area contributed by atoms with Gasteiger partial charge in [0, 0.05) is 13.2 Å². The number of pyridine rings is 1. The third kappa shape index (κ3) is 3.43. The van der Waals surface area contributed by atoms with Gasteiger partial charge in [0.25, 0.3) is 11.5 Å². The maximum absolute atomic E-state index is 12.0. The predicted octanol–water partition coefficient (Wildman–Crippen LogP) is 0.614. The van der Waals surface area contributed by atoms with E-state index in [1.807, 2.05) is 6.92 Å². The van der Waals surface area contributed by atoms with Crippen molar-refractivity contribution in [2.24, 2.45) is 13.0 Å². The maximum atomic E-state index is 12.0. The van der Waals surface area contributed by atoms with Crippen molar-refractivity contribution < 1.29 is 14.7 Å². The highest BCUT2D eigenvalue weighted by Gasteiger charge is 2.26. The minimum atomic E-state index is -1.10. The molecule has 0 aliphatic rings. The van der Waals surface area contributed by atoms with Crippen molar-refractivity contribution in [2.45, 2.75) is 26.3 Å². The van der Waals surface area contributed by atoms with Crippen molar-refractivity contribution in [1.82, 2.24) is 9.88 Å². The van der Waals surface area contributed by atoms with Crippen LogP contribution in [0, 0.1) is 5.92 Å². The van der Waals surface area contributed by atoms with Gasteiger partial charge in [0.05, 0.1) is 0 Å². The molecule has 1 rings (SSSR count). The highest BCUT2D eigenvalue weighted by Crippen LogP contribution is 2.08. The molecule has 0 spiro atoms. The monoisotopic (exact) mass is 266 g/mol. The number of carbonyl (C=O) groups excluding carboxylic acids is 1. The van der Waals surface area contributed by atoms with Gasteiger partial charge in [-0.05, 0) is 18.1 Å². The Morgan fingerprint density at radius 2 is 2.11 bits per heavy atom. The largest absolute Gasteiger partial charge is 0.480 e. The molecule has 6 heteroatoms. The maximum Gasteiger partial charge on any atom is 0.326 e. The highest BCUT2D eigenvalue weighted by molar-refractivity contribution is 5.96. The second-order valence-electron chi connectivity index (χ2n) is 4.51. The Balaban J connectivity index is 2.98. The van der Waals surface area contributed by atoms with Gasteiger partial charge in [-0.2, -0.15) is 0 Å². The first-order valence-corrected chi connectivity index (χ1v) is 6.07. The molecule has 0 aromatic carbocycles. The number of hydrogen-bond donors (Lipinski definition) is 2. The number of carbonyl (C=O) groups is 2. The van der Waals surface area contributed by atoms with Crippen molar-refractivity contribution in [1.29, 1.82) is 0 Å². The van der Waals surface area contributed by atoms with E-state index in [1.165, 1.54) is 23.9 Å². The smallest absolute Gasteiger partial charge is 0.326 e. The number of hydrogen-bond acceptors (Lipinski definition) is 3. The Morgan fingerprint density at radius 3 is 2.63 bits per heavy atom. The number of nitrogens with one attached hydrogen (secondary N) is 1. The van der Waals surface area contributed by atoms with Gasteiger partial charge in [-0.15, -0.1) is 0 Å². The van der Waals surface area contributed by atoms with E-state index in [-0.39, 0.29) is 11.5 Å². The predicted molar refractivity (Wildman–Crippen MR) is 70.0 cm³/mol. The zero-order valence-corrected chi connectivity index (χ0v) is 11.2. The number of aliphatic carboxylic acids is 1. The molecule has 0 radical (unpaired) electrons. The lowest BCUT2D eigenvalue weighted by Gasteiger charge is -2.20. The van der Waals surface area contributed by atoms with Gasteiger partial charge < -0.3 is 15.0 Å². The first-order valence-electron chi connectivity index (χ1n) is 6.07. The van der Waals surface area contributed by atoms with Gasteiger partial charge in [-0.3, -0.25) is 9.59 Å². The zero-order chi connectivity index (χ0) is 14.6. The van der Waals surface area contributed by atoms with Crippen LogP contribution in [-0.2, 0) is 11.8 Å². The van der Waals surface area contributed by atoms with E-state index in [9.17, 15) is 14.4 Å². The Labute approximate surface area is 111 Å². The standard InChI is InChI=1S/C13H18N2O4/c1-4-8(2)10(13(18)19)14-11(16)9-6-5-7-15(3)12(9)17/h5-8,10H,4H2,1-3H3,(H,14,16)(H,18,19). The quantitative estimate of drug-likeness (QED) is 0.817. The molecule has 0 saturated carbocycles. The molecule has 0 bridgehead atoms. The Kier molecular flexibility index (Phi) is 4.86. The normalized spacial score (nSPS) is 13.6. The molecular weight excluding hydrogens is 248 g/mol. The molecule has 19 heavy (non-hydrogen) atoms. The summed E-state index contributed by atoms with van der Waals surface area (Å²) in [6.45, 7) is 3.58. The van der Waals surface area contributed by atoms with Gasteiger partial charge in [0.2, 0.25) is 0 Å². The van der Waals surface area contributed by atoms with E-state index >= 15 is 0 Å². The summed E-state index contributed by atoms with van der Waals surface area (Å²) in [6.07, 6.45) is 2.15. The summed E-state index contributed by atoms with van der Waals surface area (Å²) in [4.78, 5) is 34.8. The summed E-state index contributed by atoms with van der Waals surface area (Å²) in [5.41, 5.74) is -0.507. The molecule has 1 aromatic rings. The van der Waals surface area contributed by atoms with Crippen molar-refractivity contribution in [2.75, 3.05) is 0 Å². The lowest BCUT2D eigenvalue weighted by Crippen LogP contribution is -2.46. The summed E-state index contributed by atoms with van der Waals surface area (Å²) in [6, 6.07) is 1.95. The van der Waals surface area contributed by atoms with E-state index in [1.54, 1.807) is 13.0 Å². The summed E-state index contributed by atoms with van der Waals surface area (Å²) in [5.74, 6) is -1.97. The van der Waals surface area contributed by atoms with Crippen molar-refractivity contribution in [3.05, 3.63) is 34.2 Å². The average Bonchev–Trinajstić information content (AvgIpc) is 2.37. The van der Waals surface area contributed by atoms with Crippen LogP contribution in [0.5, 0.6) is 0 Å². The van der Waals surface area contributed by atoms with E-state index < -0.39 is 23.5 Å².